The SMILES string of the molecule is C[C@]1(O)CC[C@@]2(F)[C@H](CC[C@H]3[C@@H]4CC[C@H](C(=O)CBr)[C@@]4(C)CC[C@@H]32)C1.C[C@]1(O)CC[C@@]2(F)[C@H](CC[C@H]3[C@@H]4CC[C@H](C(=O)CNS(=O)(=O)c5ccccc5)[C@@]4(C)CC[C@@H]32)C1.NS(=O)(=O)c1ccccc1. The molecule has 69 heavy (non-hydrogen) atoms. The molecule has 10 nitrogen and oxygen atoms in total. The number of hydrogen-bond donors (Lipinski definition) is 4. The van der Waals surface area contributed by atoms with E-state index >= 15 is 8.78 Å². The molecule has 10 rings (SSSR count). The first-order valence-electron chi connectivity index (χ1n) is 25.8. The van der Waals surface area contributed by atoms with Crippen LogP contribution in [0.4, 0.5) is 8.78 Å². The van der Waals surface area contributed by atoms with Crippen molar-refractivity contribution < 1.29 is 45.4 Å². The Kier molecular flexibility index (Phi) is 15.1. The van der Waals surface area contributed by atoms with Gasteiger partial charge in [-0.1, -0.05) is 66.2 Å². The van der Waals surface area contributed by atoms with Crippen molar-refractivity contribution in [1.29, 1.82) is 0 Å². The van der Waals surface area contributed by atoms with Crippen molar-refractivity contribution in [2.75, 3.05) is 11.9 Å². The zero-order valence-corrected chi connectivity index (χ0v) is 44.3. The average molecular weight is 1060 g/mol. The lowest BCUT2D eigenvalue weighted by Crippen LogP contribution is -2.58. The maximum atomic E-state index is 16.5. The highest BCUT2D eigenvalue weighted by Gasteiger charge is 2.65. The van der Waals surface area contributed by atoms with E-state index in [1.165, 1.54) is 24.3 Å². The molecule has 0 saturated heterocycles. The molecular weight excluding hydrogens is 987 g/mol. The summed E-state index contributed by atoms with van der Waals surface area (Å²) in [6, 6.07) is 16.0. The van der Waals surface area contributed by atoms with Gasteiger partial charge in [-0.25, -0.2) is 35.5 Å². The smallest absolute Gasteiger partial charge is 0.240 e. The van der Waals surface area contributed by atoms with Crippen molar-refractivity contribution in [2.45, 2.75) is 176 Å². The Hall–Kier alpha value is -2.14. The zero-order valence-electron chi connectivity index (χ0n) is 41.1. The quantitative estimate of drug-likeness (QED) is 0.189. The topological polar surface area (TPSA) is 181 Å². The van der Waals surface area contributed by atoms with Gasteiger partial charge < -0.3 is 10.2 Å². The number of ketones is 2. The summed E-state index contributed by atoms with van der Waals surface area (Å²) in [7, 11) is -7.23. The molecule has 2 aromatic carbocycles. The van der Waals surface area contributed by atoms with Gasteiger partial charge in [0.25, 0.3) is 0 Å². The van der Waals surface area contributed by atoms with Crippen LogP contribution in [0.25, 0.3) is 0 Å². The van der Waals surface area contributed by atoms with Crippen LogP contribution in [-0.2, 0) is 29.6 Å². The third-order valence-electron chi connectivity index (χ3n) is 20.1. The van der Waals surface area contributed by atoms with Gasteiger partial charge in [0.2, 0.25) is 20.0 Å². The molecule has 0 bridgehead atoms. The summed E-state index contributed by atoms with van der Waals surface area (Å²) in [5, 5.41) is 26.3. The van der Waals surface area contributed by atoms with E-state index in [4.69, 9.17) is 5.14 Å². The number of benzene rings is 2. The number of sulfonamides is 2. The number of rotatable bonds is 8. The summed E-state index contributed by atoms with van der Waals surface area (Å²) in [4.78, 5) is 26.0. The van der Waals surface area contributed by atoms with Crippen LogP contribution >= 0.6 is 15.9 Å². The normalized spacial score (nSPS) is 43.3. The summed E-state index contributed by atoms with van der Waals surface area (Å²) in [5.41, 5.74) is -3.83. The Bertz CT molecular complexity index is 2410. The van der Waals surface area contributed by atoms with Crippen molar-refractivity contribution in [3.63, 3.8) is 0 Å². The third-order valence-corrected chi connectivity index (χ3v) is 23.0. The van der Waals surface area contributed by atoms with Gasteiger partial charge in [-0.2, -0.15) is 0 Å². The number of aliphatic hydroxyl groups is 2. The Balaban J connectivity index is 0.000000160. The highest BCUT2D eigenvalue weighted by atomic mass is 79.9. The molecule has 16 atom stereocenters. The van der Waals surface area contributed by atoms with Gasteiger partial charge in [-0.3, -0.25) is 9.59 Å². The highest BCUT2D eigenvalue weighted by molar-refractivity contribution is 9.09. The Morgan fingerprint density at radius 1 is 0.594 bits per heavy atom. The minimum absolute atomic E-state index is 0.0193. The van der Waals surface area contributed by atoms with E-state index in [1.54, 1.807) is 36.4 Å². The van der Waals surface area contributed by atoms with Gasteiger partial charge >= 0.3 is 0 Å². The maximum Gasteiger partial charge on any atom is 0.240 e. The first-order valence-corrected chi connectivity index (χ1v) is 30.0. The number of carbonyl (C=O) groups excluding carboxylic acids is 2. The monoisotopic (exact) mass is 1060 g/mol. The number of fused-ring (bicyclic) bond motifs is 10. The van der Waals surface area contributed by atoms with Crippen LogP contribution in [0.15, 0.2) is 70.5 Å². The third kappa shape index (κ3) is 10.3. The molecule has 8 aliphatic rings. The van der Waals surface area contributed by atoms with Crippen LogP contribution in [-0.4, -0.2) is 73.0 Å². The van der Waals surface area contributed by atoms with Crippen LogP contribution in [0.5, 0.6) is 0 Å². The second-order valence-corrected chi connectivity index (χ2v) is 27.9. The van der Waals surface area contributed by atoms with Gasteiger partial charge in [0.05, 0.1) is 32.9 Å². The van der Waals surface area contributed by atoms with Crippen LogP contribution in [0.1, 0.15) is 143 Å². The minimum Gasteiger partial charge on any atom is -0.390 e. The van der Waals surface area contributed by atoms with E-state index < -0.39 is 42.6 Å². The van der Waals surface area contributed by atoms with Crippen LogP contribution in [0, 0.1) is 70.0 Å². The minimum atomic E-state index is -3.72. The number of alkyl halides is 3. The highest BCUT2D eigenvalue weighted by Crippen LogP contribution is 2.68. The fourth-order valence-electron chi connectivity index (χ4n) is 16.7. The van der Waals surface area contributed by atoms with Gasteiger partial charge in [-0.05, 0) is 212 Å². The molecular formula is C54H77BrF2N2O8S2. The summed E-state index contributed by atoms with van der Waals surface area (Å²) in [6.45, 7) is 8.04. The largest absolute Gasteiger partial charge is 0.390 e. The molecule has 8 aliphatic carbocycles. The molecule has 0 aromatic heterocycles. The second kappa shape index (κ2) is 19.6. The molecule has 0 heterocycles. The van der Waals surface area contributed by atoms with Crippen molar-refractivity contribution in [3.05, 3.63) is 60.7 Å². The number of nitrogens with one attached hydrogen (secondary N) is 1. The van der Waals surface area contributed by atoms with Gasteiger partial charge in [0.1, 0.15) is 17.1 Å². The summed E-state index contributed by atoms with van der Waals surface area (Å²) in [6.07, 6.45) is 14.3. The molecule has 0 radical (unpaired) electrons. The predicted octanol–water partition coefficient (Wildman–Crippen LogP) is 10.0. The zero-order chi connectivity index (χ0) is 50.0. The Morgan fingerprint density at radius 2 is 1.01 bits per heavy atom. The molecule has 8 fully saturated rings. The molecule has 384 valence electrons. The van der Waals surface area contributed by atoms with Crippen LogP contribution in [0.2, 0.25) is 0 Å². The van der Waals surface area contributed by atoms with Gasteiger partial charge in [0, 0.05) is 11.8 Å². The van der Waals surface area contributed by atoms with Crippen molar-refractivity contribution in [2.24, 2.45) is 75.1 Å². The molecule has 0 aliphatic heterocycles. The predicted molar refractivity (Wildman–Crippen MR) is 266 cm³/mol. The summed E-state index contributed by atoms with van der Waals surface area (Å²) in [5.74, 6) is 1.97. The molecule has 0 amide bonds. The Morgan fingerprint density at radius 3 is 1.42 bits per heavy atom. The lowest BCUT2D eigenvalue weighted by molar-refractivity contribution is -0.165. The molecule has 0 spiro atoms. The first kappa shape index (κ1) is 53.2. The standard InChI is InChI=1S/C27H38FNO4S.C21H32BrFO2.C6H7NO2S/c1-25(31)14-15-27(28)18(16-25)8-9-20-21-10-11-23(26(21,2)13-12-22(20)27)24(30)17-29-34(32,33)19-6-4-3-5-7-19;1-19(25)9-10-21(23)13(11-19)3-4-14-15-5-6-17(18(24)12-22)20(15,2)8-7-16(14)21;7-10(8,9)6-4-2-1-3-5-6/h3-7,18,20-23,29,31H,8-17H2,1-2H3;13-17,25H,3-12H2,1-2H3;1-5H,(H2,7,8,9)/t18-,20+,21+,22+,23-,25+,26+,27-;13-,14+,15+,16+,17-,19+,20+,21-;/m11./s1. The van der Waals surface area contributed by atoms with E-state index in [0.717, 1.165) is 77.0 Å². The first-order chi connectivity index (χ1) is 32.3. The number of halogens is 3. The summed E-state index contributed by atoms with van der Waals surface area (Å²) < 4.78 is 81.6. The lowest BCUT2D eigenvalue weighted by Gasteiger charge is -2.59. The second-order valence-electron chi connectivity index (χ2n) is 24.0. The molecule has 0 unspecified atom stereocenters. The van der Waals surface area contributed by atoms with Crippen LogP contribution in [0.3, 0.4) is 0 Å². The van der Waals surface area contributed by atoms with Gasteiger partial charge in [0.15, 0.2) is 5.78 Å². The van der Waals surface area contributed by atoms with E-state index in [2.05, 4.69) is 34.5 Å². The van der Waals surface area contributed by atoms with E-state index in [0.29, 0.717) is 67.4 Å². The van der Waals surface area contributed by atoms with Crippen molar-refractivity contribution >= 4 is 47.5 Å². The van der Waals surface area contributed by atoms with E-state index in [9.17, 15) is 36.6 Å². The van der Waals surface area contributed by atoms with Crippen molar-refractivity contribution in [3.8, 4) is 0 Å². The average Bonchev–Trinajstić information content (AvgIpc) is 3.86. The number of carbonyl (C=O) groups is 2. The fourth-order valence-corrected chi connectivity index (χ4v) is 18.6. The number of primary sulfonamides is 1. The van der Waals surface area contributed by atoms with Gasteiger partial charge in [-0.15, -0.1) is 0 Å². The molecule has 5 N–H and O–H groups in total. The molecule has 15 heteroatoms. The van der Waals surface area contributed by atoms with Crippen LogP contribution < -0.4 is 9.86 Å². The Labute approximate surface area is 418 Å². The maximum absolute atomic E-state index is 16.5. The lowest BCUT2D eigenvalue weighted by atomic mass is 9.48. The number of nitrogens with two attached hydrogens (primary N) is 1. The number of Topliss-reactive ketones (excluding diaryl/α,β-unsaturated/α-hetero) is 2. The van der Waals surface area contributed by atoms with Crippen molar-refractivity contribution in [1.82, 2.24) is 4.72 Å². The summed E-state index contributed by atoms with van der Waals surface area (Å²) >= 11 is 3.37. The number of hydrogen-bond acceptors (Lipinski definition) is 8. The molecule has 2 aromatic rings. The molecule has 8 saturated carbocycles. The fraction of sp³-hybridized carbons (Fsp3) is 0.741. The van der Waals surface area contributed by atoms with E-state index in [-0.39, 0.29) is 74.4 Å². The van der Waals surface area contributed by atoms with E-state index in [1.807, 2.05) is 13.8 Å².